The van der Waals surface area contributed by atoms with Crippen LogP contribution in [-0.2, 0) is 11.2 Å². The van der Waals surface area contributed by atoms with E-state index in [9.17, 15) is 14.1 Å². The van der Waals surface area contributed by atoms with Crippen LogP contribution in [0.1, 0.15) is 30.9 Å². The number of hydrogen-bond donors (Lipinski definition) is 1. The lowest BCUT2D eigenvalue weighted by Gasteiger charge is -2.17. The van der Waals surface area contributed by atoms with E-state index in [0.717, 1.165) is 41.7 Å². The Hall–Kier alpha value is -2.54. The minimum atomic E-state index is -0.279. The third-order valence-electron chi connectivity index (χ3n) is 5.39. The molecule has 0 aliphatic carbocycles. The first-order valence-electron chi connectivity index (χ1n) is 10.0. The molecule has 0 bridgehead atoms. The highest BCUT2D eigenvalue weighted by Gasteiger charge is 2.23. The number of nitroso groups, excluding NO2 is 1. The van der Waals surface area contributed by atoms with Crippen molar-refractivity contribution in [2.24, 2.45) is 16.1 Å². The molecule has 1 N–H and O–H groups in total. The Labute approximate surface area is 180 Å². The Morgan fingerprint density at radius 2 is 2.00 bits per heavy atom. The van der Waals surface area contributed by atoms with Gasteiger partial charge in [-0.25, -0.2) is 4.39 Å². The van der Waals surface area contributed by atoms with Crippen LogP contribution in [0.2, 0.25) is 0 Å². The van der Waals surface area contributed by atoms with Gasteiger partial charge in [0.2, 0.25) is 6.41 Å². The second kappa shape index (κ2) is 10.5. The van der Waals surface area contributed by atoms with Gasteiger partial charge in [-0.2, -0.15) is 4.91 Å². The monoisotopic (exact) mass is 427 g/mol. The van der Waals surface area contributed by atoms with Crippen LogP contribution < -0.4 is 5.32 Å². The third-order valence-corrected chi connectivity index (χ3v) is 6.28. The van der Waals surface area contributed by atoms with Gasteiger partial charge in [0, 0.05) is 17.8 Å². The van der Waals surface area contributed by atoms with Gasteiger partial charge in [-0.05, 0) is 61.1 Å². The molecule has 30 heavy (non-hydrogen) atoms. The summed E-state index contributed by atoms with van der Waals surface area (Å²) in [4.78, 5) is 25.9. The summed E-state index contributed by atoms with van der Waals surface area (Å²) in [5.41, 5.74) is 4.07. The van der Waals surface area contributed by atoms with Gasteiger partial charge in [0.05, 0.1) is 11.4 Å². The van der Waals surface area contributed by atoms with Gasteiger partial charge in [-0.3, -0.25) is 9.79 Å². The molecule has 0 spiro atoms. The molecular formula is C23H26FN3O2S. The van der Waals surface area contributed by atoms with Crippen LogP contribution >= 0.6 is 11.8 Å². The molecular weight excluding hydrogens is 401 g/mol. The average Bonchev–Trinajstić information content (AvgIpc) is 3.22. The lowest BCUT2D eigenvalue weighted by atomic mass is 9.95. The summed E-state index contributed by atoms with van der Waals surface area (Å²) in [7, 11) is 0. The Bertz CT molecular complexity index is 917. The molecule has 7 heteroatoms. The number of carbonyl (C=O) groups is 1. The summed E-state index contributed by atoms with van der Waals surface area (Å²) in [6, 6.07) is 12.6. The number of hydrogen-bond acceptors (Lipinski definition) is 5. The van der Waals surface area contributed by atoms with Crippen molar-refractivity contribution in [1.82, 2.24) is 5.32 Å². The topological polar surface area (TPSA) is 70.9 Å². The zero-order valence-electron chi connectivity index (χ0n) is 17.2. The van der Waals surface area contributed by atoms with Crippen LogP contribution in [0.4, 0.5) is 4.39 Å². The van der Waals surface area contributed by atoms with Gasteiger partial charge in [-0.15, -0.1) is 11.8 Å². The zero-order valence-corrected chi connectivity index (χ0v) is 18.0. The number of carbonyl (C=O) groups excluding carboxylic acids is 1. The maximum Gasteiger partial charge on any atom is 0.207 e. The first-order chi connectivity index (χ1) is 14.5. The van der Waals surface area contributed by atoms with Gasteiger partial charge in [0.1, 0.15) is 5.82 Å². The van der Waals surface area contributed by atoms with E-state index in [1.807, 2.05) is 36.6 Å². The predicted octanol–water partition coefficient (Wildman–Crippen LogP) is 4.82. The maximum absolute atomic E-state index is 14.9. The summed E-state index contributed by atoms with van der Waals surface area (Å²) in [5.74, 6) is 0.0716. The van der Waals surface area contributed by atoms with E-state index in [1.165, 1.54) is 0 Å². The molecule has 5 nitrogen and oxygen atoms in total. The maximum atomic E-state index is 14.9. The Morgan fingerprint density at radius 1 is 1.27 bits per heavy atom. The van der Waals surface area contributed by atoms with E-state index < -0.39 is 0 Å². The molecule has 2 aromatic rings. The minimum Gasteiger partial charge on any atom is -0.347 e. The largest absolute Gasteiger partial charge is 0.347 e. The normalized spacial score (nSPS) is 17.8. The smallest absolute Gasteiger partial charge is 0.207 e. The second-order valence-electron chi connectivity index (χ2n) is 7.65. The first kappa shape index (κ1) is 22.2. The van der Waals surface area contributed by atoms with E-state index in [1.54, 1.807) is 30.8 Å². The van der Waals surface area contributed by atoms with Gasteiger partial charge >= 0.3 is 0 Å². The molecule has 3 rings (SSSR count). The number of nitrogens with zero attached hydrogens (tertiary/aromatic N) is 2. The molecule has 0 aromatic heterocycles. The average molecular weight is 428 g/mol. The molecule has 1 heterocycles. The minimum absolute atomic E-state index is 0.0782. The van der Waals surface area contributed by atoms with Crippen molar-refractivity contribution < 1.29 is 9.18 Å². The van der Waals surface area contributed by atoms with Gasteiger partial charge in [0.15, 0.2) is 0 Å². The molecule has 2 aromatic carbocycles. The molecule has 0 radical (unpaired) electrons. The second-order valence-corrected chi connectivity index (χ2v) is 8.69. The highest BCUT2D eigenvalue weighted by atomic mass is 32.2. The molecule has 3 atom stereocenters. The fourth-order valence-corrected chi connectivity index (χ4v) is 4.40. The number of halogens is 1. The molecule has 3 unspecified atom stereocenters. The van der Waals surface area contributed by atoms with E-state index in [-0.39, 0.29) is 17.2 Å². The Balaban J connectivity index is 1.67. The third kappa shape index (κ3) is 5.53. The van der Waals surface area contributed by atoms with Crippen molar-refractivity contribution in [3.63, 3.8) is 0 Å². The molecule has 0 fully saturated rings. The summed E-state index contributed by atoms with van der Waals surface area (Å²) in [6.07, 6.45) is 4.91. The van der Waals surface area contributed by atoms with Crippen molar-refractivity contribution >= 4 is 23.9 Å². The van der Waals surface area contributed by atoms with Gasteiger partial charge < -0.3 is 5.32 Å². The standard InChI is InChI=1S/C23H26FN3O2S/c1-15(27-29)9-16-3-5-18(6-4-16)20-8-7-19(12-21(20)24)22-10-17(13-25-22)11-23(30-2)26-14-28/h3-8,12,14-15,17,23H,9-11,13H2,1-2H3,(H,26,28). The number of rotatable bonds is 10. The van der Waals surface area contributed by atoms with E-state index >= 15 is 0 Å². The van der Waals surface area contributed by atoms with Crippen LogP contribution in [0.15, 0.2) is 52.6 Å². The molecule has 1 aliphatic rings. The van der Waals surface area contributed by atoms with Crippen LogP contribution in [0.25, 0.3) is 11.1 Å². The van der Waals surface area contributed by atoms with E-state index in [2.05, 4.69) is 15.5 Å². The predicted molar refractivity (Wildman–Crippen MR) is 121 cm³/mol. The summed E-state index contributed by atoms with van der Waals surface area (Å²) < 4.78 is 14.9. The quantitative estimate of drug-likeness (QED) is 0.336. The Kier molecular flexibility index (Phi) is 7.74. The number of benzene rings is 2. The number of nitrogens with one attached hydrogen (secondary N) is 1. The molecule has 0 saturated heterocycles. The molecule has 158 valence electrons. The van der Waals surface area contributed by atoms with Crippen molar-refractivity contribution in [3.05, 3.63) is 64.3 Å². The zero-order chi connectivity index (χ0) is 21.5. The lowest BCUT2D eigenvalue weighted by molar-refractivity contribution is -0.109. The van der Waals surface area contributed by atoms with Crippen molar-refractivity contribution in [2.45, 2.75) is 37.6 Å². The van der Waals surface area contributed by atoms with Crippen LogP contribution in [0, 0.1) is 16.6 Å². The van der Waals surface area contributed by atoms with Crippen molar-refractivity contribution in [3.8, 4) is 11.1 Å². The molecule has 0 saturated carbocycles. The van der Waals surface area contributed by atoms with E-state index in [4.69, 9.17) is 0 Å². The van der Waals surface area contributed by atoms with Gasteiger partial charge in [-0.1, -0.05) is 41.6 Å². The van der Waals surface area contributed by atoms with Crippen molar-refractivity contribution in [2.75, 3.05) is 12.8 Å². The molecule has 1 amide bonds. The highest BCUT2D eigenvalue weighted by molar-refractivity contribution is 7.99. The number of aliphatic imine (C=N–C) groups is 1. The summed E-state index contributed by atoms with van der Waals surface area (Å²) in [5, 5.41) is 5.91. The first-order valence-corrected chi connectivity index (χ1v) is 11.3. The Morgan fingerprint density at radius 3 is 2.63 bits per heavy atom. The van der Waals surface area contributed by atoms with E-state index in [0.29, 0.717) is 24.4 Å². The fraction of sp³-hybridized carbons (Fsp3) is 0.391. The SMILES string of the molecule is CSC(CC1CN=C(c2ccc(-c3ccc(CC(C)N=O)cc3)c(F)c2)C1)NC=O. The van der Waals surface area contributed by atoms with Gasteiger partial charge in [0.25, 0.3) is 0 Å². The van der Waals surface area contributed by atoms with Crippen LogP contribution in [0.5, 0.6) is 0 Å². The lowest BCUT2D eigenvalue weighted by Crippen LogP contribution is -2.27. The van der Waals surface area contributed by atoms with Crippen molar-refractivity contribution in [1.29, 1.82) is 0 Å². The number of amides is 1. The van der Waals surface area contributed by atoms with Crippen LogP contribution in [-0.4, -0.2) is 36.3 Å². The number of thioether (sulfide) groups is 1. The highest BCUT2D eigenvalue weighted by Crippen LogP contribution is 2.29. The summed E-state index contributed by atoms with van der Waals surface area (Å²) >= 11 is 1.61. The fourth-order valence-electron chi connectivity index (χ4n) is 3.75. The summed E-state index contributed by atoms with van der Waals surface area (Å²) in [6.45, 7) is 2.47. The van der Waals surface area contributed by atoms with Crippen LogP contribution in [0.3, 0.4) is 0 Å². The molecule has 1 aliphatic heterocycles.